The van der Waals surface area contributed by atoms with Crippen molar-refractivity contribution in [3.05, 3.63) is 10.1 Å². The van der Waals surface area contributed by atoms with Gasteiger partial charge in [0, 0.05) is 16.8 Å². The van der Waals surface area contributed by atoms with Crippen LogP contribution in [0.2, 0.25) is 0 Å². The molecule has 2 saturated carbocycles. The summed E-state index contributed by atoms with van der Waals surface area (Å²) < 4.78 is 0. The molecule has 2 fully saturated rings. The van der Waals surface area contributed by atoms with Crippen molar-refractivity contribution >= 4 is 0 Å². The number of nitrogens with zero attached hydrogens (tertiary/aromatic N) is 1. The first-order chi connectivity index (χ1) is 4.79. The van der Waals surface area contributed by atoms with E-state index < -0.39 is 0 Å². The van der Waals surface area contributed by atoms with E-state index in [4.69, 9.17) is 0 Å². The Labute approximate surface area is 59.6 Å². The Kier molecular flexibility index (Phi) is 1.19. The highest BCUT2D eigenvalue weighted by molar-refractivity contribution is 4.91. The molecule has 0 unspecified atom stereocenters. The number of nitro groups is 1. The van der Waals surface area contributed by atoms with Crippen LogP contribution in [0.1, 0.15) is 25.7 Å². The molecule has 56 valence electrons. The Hall–Kier alpha value is -0.600. The van der Waals surface area contributed by atoms with Crippen LogP contribution in [-0.4, -0.2) is 11.0 Å². The van der Waals surface area contributed by atoms with Crippen LogP contribution in [0.3, 0.4) is 0 Å². The molecule has 0 radical (unpaired) electrons. The summed E-state index contributed by atoms with van der Waals surface area (Å²) in [5.41, 5.74) is 0. The van der Waals surface area contributed by atoms with Gasteiger partial charge in [-0.25, -0.2) is 0 Å². The third kappa shape index (κ3) is 1.00. The lowest BCUT2D eigenvalue weighted by Crippen LogP contribution is -2.23. The van der Waals surface area contributed by atoms with Crippen LogP contribution >= 0.6 is 0 Å². The highest BCUT2D eigenvalue weighted by Gasteiger charge is 2.49. The molecule has 0 aromatic carbocycles. The van der Waals surface area contributed by atoms with E-state index in [2.05, 4.69) is 0 Å². The third-order valence-corrected chi connectivity index (χ3v) is 2.45. The lowest BCUT2D eigenvalue weighted by molar-refractivity contribution is -0.531. The van der Waals surface area contributed by atoms with Crippen LogP contribution in [0, 0.1) is 22.0 Å². The highest BCUT2D eigenvalue weighted by Crippen LogP contribution is 2.45. The zero-order valence-electron chi connectivity index (χ0n) is 5.82. The summed E-state index contributed by atoms with van der Waals surface area (Å²) in [5.74, 6) is 0.894. The van der Waals surface area contributed by atoms with E-state index in [1.165, 1.54) is 0 Å². The van der Waals surface area contributed by atoms with Gasteiger partial charge in [0.2, 0.25) is 6.04 Å². The van der Waals surface area contributed by atoms with Crippen molar-refractivity contribution in [2.45, 2.75) is 31.7 Å². The molecule has 0 bridgehead atoms. The predicted molar refractivity (Wildman–Crippen MR) is 36.2 cm³/mol. The molecule has 0 aromatic rings. The Morgan fingerprint density at radius 2 is 1.60 bits per heavy atom. The standard InChI is InChI=1S/C7H11NO2/c9-8(10)7(5-1-2-5)6-3-4-6/h5-7H,1-4H2. The zero-order chi connectivity index (χ0) is 7.14. The maximum absolute atomic E-state index is 10.5. The molecule has 2 aliphatic carbocycles. The summed E-state index contributed by atoms with van der Waals surface area (Å²) in [7, 11) is 0. The Bertz CT molecular complexity index is 149. The van der Waals surface area contributed by atoms with Gasteiger partial charge < -0.3 is 0 Å². The van der Waals surface area contributed by atoms with Crippen molar-refractivity contribution < 1.29 is 4.92 Å². The van der Waals surface area contributed by atoms with Gasteiger partial charge >= 0.3 is 0 Å². The maximum Gasteiger partial charge on any atom is 0.218 e. The average molecular weight is 141 g/mol. The fourth-order valence-corrected chi connectivity index (χ4v) is 1.60. The quantitative estimate of drug-likeness (QED) is 0.441. The molecule has 0 aromatic heterocycles. The number of hydrogen-bond donors (Lipinski definition) is 0. The van der Waals surface area contributed by atoms with E-state index in [1.54, 1.807) is 0 Å². The first-order valence-corrected chi connectivity index (χ1v) is 3.92. The van der Waals surface area contributed by atoms with E-state index in [0.29, 0.717) is 11.8 Å². The van der Waals surface area contributed by atoms with Crippen molar-refractivity contribution in [3.63, 3.8) is 0 Å². The van der Waals surface area contributed by atoms with Crippen molar-refractivity contribution in [2.24, 2.45) is 11.8 Å². The minimum atomic E-state index is -0.167. The molecule has 0 heterocycles. The smallest absolute Gasteiger partial charge is 0.218 e. The zero-order valence-corrected chi connectivity index (χ0v) is 5.82. The van der Waals surface area contributed by atoms with Gasteiger partial charge in [0.05, 0.1) is 0 Å². The monoisotopic (exact) mass is 141 g/mol. The fraction of sp³-hybridized carbons (Fsp3) is 1.00. The largest absolute Gasteiger partial charge is 0.264 e. The Morgan fingerprint density at radius 3 is 1.80 bits per heavy atom. The Morgan fingerprint density at radius 1 is 1.20 bits per heavy atom. The highest BCUT2D eigenvalue weighted by atomic mass is 16.6. The normalized spacial score (nSPS) is 25.3. The lowest BCUT2D eigenvalue weighted by atomic mass is 10.1. The first kappa shape index (κ1) is 6.13. The summed E-state index contributed by atoms with van der Waals surface area (Å²) in [6.07, 6.45) is 4.40. The van der Waals surface area contributed by atoms with Crippen molar-refractivity contribution in [1.29, 1.82) is 0 Å². The summed E-state index contributed by atoms with van der Waals surface area (Å²) in [6.45, 7) is 0. The summed E-state index contributed by atoms with van der Waals surface area (Å²) >= 11 is 0. The summed E-state index contributed by atoms with van der Waals surface area (Å²) in [4.78, 5) is 10.4. The third-order valence-electron chi connectivity index (χ3n) is 2.45. The molecule has 3 heteroatoms. The molecule has 0 N–H and O–H groups in total. The first-order valence-electron chi connectivity index (χ1n) is 3.92. The van der Waals surface area contributed by atoms with E-state index in [9.17, 15) is 10.1 Å². The molecule has 0 amide bonds. The van der Waals surface area contributed by atoms with E-state index in [1.807, 2.05) is 0 Å². The second kappa shape index (κ2) is 1.94. The SMILES string of the molecule is O=[N+]([O-])C(C1CC1)C1CC1. The van der Waals surface area contributed by atoms with Gasteiger partial charge in [-0.1, -0.05) is 0 Å². The van der Waals surface area contributed by atoms with Gasteiger partial charge in [-0.15, -0.1) is 0 Å². The minimum absolute atomic E-state index is 0.0602. The van der Waals surface area contributed by atoms with Gasteiger partial charge in [0.15, 0.2) is 0 Å². The molecule has 0 saturated heterocycles. The molecule has 0 atom stereocenters. The number of hydrogen-bond acceptors (Lipinski definition) is 2. The molecule has 0 spiro atoms. The van der Waals surface area contributed by atoms with Crippen LogP contribution < -0.4 is 0 Å². The van der Waals surface area contributed by atoms with Crippen molar-refractivity contribution in [3.8, 4) is 0 Å². The second-order valence-electron chi connectivity index (χ2n) is 3.45. The van der Waals surface area contributed by atoms with Crippen molar-refractivity contribution in [1.82, 2.24) is 0 Å². The molecule has 2 rings (SSSR count). The van der Waals surface area contributed by atoms with Gasteiger partial charge in [-0.2, -0.15) is 0 Å². The van der Waals surface area contributed by atoms with E-state index in [0.717, 1.165) is 25.7 Å². The van der Waals surface area contributed by atoms with Crippen LogP contribution in [0.25, 0.3) is 0 Å². The van der Waals surface area contributed by atoms with Crippen LogP contribution in [0.4, 0.5) is 0 Å². The van der Waals surface area contributed by atoms with Gasteiger partial charge in [0.25, 0.3) is 0 Å². The number of rotatable bonds is 3. The van der Waals surface area contributed by atoms with Crippen LogP contribution in [0.5, 0.6) is 0 Å². The fourth-order valence-electron chi connectivity index (χ4n) is 1.60. The van der Waals surface area contributed by atoms with Gasteiger partial charge in [0.1, 0.15) is 0 Å². The molecule has 3 nitrogen and oxygen atoms in total. The summed E-state index contributed by atoms with van der Waals surface area (Å²) in [6, 6.07) is -0.167. The molecular formula is C7H11NO2. The van der Waals surface area contributed by atoms with Crippen LogP contribution in [-0.2, 0) is 0 Å². The van der Waals surface area contributed by atoms with Gasteiger partial charge in [-0.3, -0.25) is 10.1 Å². The predicted octanol–water partition coefficient (Wildman–Crippen LogP) is 1.45. The van der Waals surface area contributed by atoms with E-state index >= 15 is 0 Å². The Balaban J connectivity index is 1.98. The van der Waals surface area contributed by atoms with E-state index in [-0.39, 0.29) is 11.0 Å². The average Bonchev–Trinajstić information content (AvgIpc) is 2.49. The topological polar surface area (TPSA) is 43.1 Å². The van der Waals surface area contributed by atoms with Crippen LogP contribution in [0.15, 0.2) is 0 Å². The van der Waals surface area contributed by atoms with Gasteiger partial charge in [-0.05, 0) is 25.7 Å². The molecular weight excluding hydrogens is 130 g/mol. The minimum Gasteiger partial charge on any atom is -0.264 e. The maximum atomic E-state index is 10.5. The second-order valence-corrected chi connectivity index (χ2v) is 3.45. The molecule has 2 aliphatic rings. The van der Waals surface area contributed by atoms with Crippen molar-refractivity contribution in [2.75, 3.05) is 0 Å². The summed E-state index contributed by atoms with van der Waals surface area (Å²) in [5, 5.41) is 10.5. The molecule has 0 aliphatic heterocycles. The molecule has 10 heavy (non-hydrogen) atoms. The lowest BCUT2D eigenvalue weighted by Gasteiger charge is -2.04.